The Hall–Kier alpha value is -3.89. The van der Waals surface area contributed by atoms with Crippen molar-refractivity contribution in [2.75, 3.05) is 12.9 Å². The number of nitrogens with zero attached hydrogens (tertiary/aromatic N) is 1. The second kappa shape index (κ2) is 9.69. The number of para-hydroxylation sites is 1. The molecule has 0 spiro atoms. The van der Waals surface area contributed by atoms with E-state index in [9.17, 15) is 9.50 Å². The van der Waals surface area contributed by atoms with E-state index in [2.05, 4.69) is 15.0 Å². The summed E-state index contributed by atoms with van der Waals surface area (Å²) in [5, 5.41) is 10.2. The molecule has 2 aromatic heterocycles. The number of aromatic nitrogens is 3. The molecule has 3 aromatic carbocycles. The smallest absolute Gasteiger partial charge is 0.204 e. The number of ether oxygens (including phenoxy) is 2. The summed E-state index contributed by atoms with van der Waals surface area (Å²) >= 11 is 1.22. The lowest BCUT2D eigenvalue weighted by molar-refractivity contribution is 0.224. The van der Waals surface area contributed by atoms with Crippen molar-refractivity contribution in [1.82, 2.24) is 15.0 Å². The van der Waals surface area contributed by atoms with Crippen molar-refractivity contribution in [3.05, 3.63) is 89.1 Å². The van der Waals surface area contributed by atoms with E-state index in [1.54, 1.807) is 18.5 Å². The first-order chi connectivity index (χ1) is 18.9. The summed E-state index contributed by atoms with van der Waals surface area (Å²) in [4.78, 5) is 10.8. The summed E-state index contributed by atoms with van der Waals surface area (Å²) in [6.07, 6.45) is 5.57. The number of H-pyrrole nitrogens is 2. The second-order valence-corrected chi connectivity index (χ2v) is 10.3. The average molecular weight is 552 g/mol. The molecule has 1 atom stereocenters. The molecule has 1 aliphatic rings. The van der Waals surface area contributed by atoms with Crippen LogP contribution in [0.5, 0.6) is 17.2 Å². The molecule has 3 N–H and O–H groups in total. The molecule has 0 saturated carbocycles. The minimum Gasteiger partial charge on any atom is -0.493 e. The molecule has 200 valence electrons. The van der Waals surface area contributed by atoms with E-state index < -0.39 is 22.9 Å². The third-order valence-electron chi connectivity index (χ3n) is 7.31. The Morgan fingerprint density at radius 2 is 2.00 bits per heavy atom. The number of hydrogen-bond donors (Lipinski definition) is 3. The Balaban J connectivity index is 1.38. The number of halogens is 3. The maximum atomic E-state index is 15.0. The first kappa shape index (κ1) is 25.4. The fourth-order valence-electron chi connectivity index (χ4n) is 5.16. The normalized spacial score (nSPS) is 16.8. The molecule has 0 fully saturated rings. The van der Waals surface area contributed by atoms with Crippen LogP contribution < -0.4 is 9.47 Å². The lowest BCUT2D eigenvalue weighted by atomic mass is 9.75. The lowest BCUT2D eigenvalue weighted by Crippen LogP contribution is -2.32. The Kier molecular flexibility index (Phi) is 6.31. The minimum absolute atomic E-state index is 0.0569. The van der Waals surface area contributed by atoms with Gasteiger partial charge in [-0.25, -0.2) is 13.8 Å². The summed E-state index contributed by atoms with van der Waals surface area (Å²) in [5.74, 6) is -1.97. The van der Waals surface area contributed by atoms with E-state index in [1.807, 2.05) is 25.1 Å². The number of fused-ring (bicyclic) bond motifs is 2. The Labute approximate surface area is 226 Å². The average Bonchev–Trinajstić information content (AvgIpc) is 3.64. The van der Waals surface area contributed by atoms with Gasteiger partial charge in [0.05, 0.1) is 29.2 Å². The van der Waals surface area contributed by atoms with Gasteiger partial charge in [-0.2, -0.15) is 4.39 Å². The van der Waals surface area contributed by atoms with Crippen molar-refractivity contribution in [1.29, 1.82) is 0 Å². The van der Waals surface area contributed by atoms with E-state index in [0.29, 0.717) is 34.6 Å². The highest BCUT2D eigenvalue weighted by Crippen LogP contribution is 2.45. The van der Waals surface area contributed by atoms with Crippen LogP contribution in [-0.4, -0.2) is 32.9 Å². The van der Waals surface area contributed by atoms with Crippen molar-refractivity contribution in [3.8, 4) is 28.6 Å². The molecular formula is C29H24F3N3O3S. The molecule has 6 nitrogen and oxygen atoms in total. The molecule has 6 rings (SSSR count). The highest BCUT2D eigenvalue weighted by Gasteiger charge is 2.37. The van der Waals surface area contributed by atoms with Crippen LogP contribution >= 0.6 is 11.8 Å². The summed E-state index contributed by atoms with van der Waals surface area (Å²) in [7, 11) is 0. The predicted octanol–water partition coefficient (Wildman–Crippen LogP) is 7.07. The fourth-order valence-corrected chi connectivity index (χ4v) is 5.86. The molecule has 0 radical (unpaired) electrons. The number of hydrogen-bond acceptors (Lipinski definition) is 5. The molecular weight excluding hydrogens is 527 g/mol. The fraction of sp³-hybridized carbons (Fsp3) is 0.207. The molecule has 10 heteroatoms. The van der Waals surface area contributed by atoms with Gasteiger partial charge in [-0.15, -0.1) is 11.8 Å². The number of benzene rings is 3. The van der Waals surface area contributed by atoms with Gasteiger partial charge in [0.15, 0.2) is 11.6 Å². The Morgan fingerprint density at radius 1 is 1.15 bits per heavy atom. The highest BCUT2D eigenvalue weighted by atomic mass is 32.2. The SMILES string of the molecule is CSc1c(Oc2ccc(F)c(-c3ncc(C4(C)CCOc5c(CO)cccc54)[nH]3)c2)c(F)c(F)c2[nH]ccc12. The molecule has 0 amide bonds. The predicted molar refractivity (Wildman–Crippen MR) is 143 cm³/mol. The molecule has 5 aromatic rings. The maximum absolute atomic E-state index is 15.0. The Morgan fingerprint density at radius 3 is 2.79 bits per heavy atom. The van der Waals surface area contributed by atoms with Gasteiger partial charge in [0, 0.05) is 40.0 Å². The van der Waals surface area contributed by atoms with Gasteiger partial charge in [-0.05, 0) is 43.9 Å². The Bertz CT molecular complexity index is 1720. The molecule has 0 saturated heterocycles. The van der Waals surface area contributed by atoms with Crippen molar-refractivity contribution < 1.29 is 27.8 Å². The van der Waals surface area contributed by atoms with Gasteiger partial charge in [-0.3, -0.25) is 0 Å². The van der Waals surface area contributed by atoms with Crippen molar-refractivity contribution >= 4 is 22.7 Å². The van der Waals surface area contributed by atoms with Crippen LogP contribution in [0.2, 0.25) is 0 Å². The molecule has 0 bridgehead atoms. The standard InChI is InChI=1S/C29H24F3N3O3S/c1-29(9-11-37-25-15(14-36)4-3-5-19(25)29)21-13-34-28(35-21)18-12-16(6-7-20(18)30)38-26-23(32)22(31)24-17(8-10-33-24)27(26)39-2/h3-8,10,12-13,33,36H,9,11,14H2,1-2H3,(H,34,35). The van der Waals surface area contributed by atoms with Crippen molar-refractivity contribution in [3.63, 3.8) is 0 Å². The summed E-state index contributed by atoms with van der Waals surface area (Å²) in [6.45, 7) is 2.34. The third-order valence-corrected chi connectivity index (χ3v) is 8.12. The number of nitrogens with one attached hydrogen (secondary N) is 2. The van der Waals surface area contributed by atoms with Gasteiger partial charge >= 0.3 is 0 Å². The van der Waals surface area contributed by atoms with Gasteiger partial charge in [0.2, 0.25) is 5.82 Å². The van der Waals surface area contributed by atoms with Crippen LogP contribution in [0.3, 0.4) is 0 Å². The van der Waals surface area contributed by atoms with E-state index in [0.717, 1.165) is 11.3 Å². The van der Waals surface area contributed by atoms with Gasteiger partial charge < -0.3 is 24.5 Å². The number of rotatable bonds is 6. The molecule has 0 aliphatic carbocycles. The van der Waals surface area contributed by atoms with E-state index in [-0.39, 0.29) is 35.0 Å². The lowest BCUT2D eigenvalue weighted by Gasteiger charge is -2.35. The molecule has 1 unspecified atom stereocenters. The van der Waals surface area contributed by atoms with Gasteiger partial charge in [0.1, 0.15) is 23.1 Å². The van der Waals surface area contributed by atoms with Gasteiger partial charge in [0.25, 0.3) is 0 Å². The number of aliphatic hydroxyl groups excluding tert-OH is 1. The first-order valence-corrected chi connectivity index (χ1v) is 13.5. The second-order valence-electron chi connectivity index (χ2n) is 9.53. The zero-order chi connectivity index (χ0) is 27.3. The number of thioether (sulfide) groups is 1. The third kappa shape index (κ3) is 4.06. The molecule has 1 aliphatic heterocycles. The zero-order valence-corrected chi connectivity index (χ0v) is 21.9. The summed E-state index contributed by atoms with van der Waals surface area (Å²) < 4.78 is 56.4. The van der Waals surface area contributed by atoms with E-state index >= 15 is 8.78 Å². The quantitative estimate of drug-likeness (QED) is 0.197. The van der Waals surface area contributed by atoms with Crippen LogP contribution in [0.25, 0.3) is 22.3 Å². The summed E-state index contributed by atoms with van der Waals surface area (Å²) in [6, 6.07) is 11.2. The van der Waals surface area contributed by atoms with Crippen LogP contribution in [-0.2, 0) is 12.0 Å². The van der Waals surface area contributed by atoms with Crippen LogP contribution in [0, 0.1) is 17.5 Å². The largest absolute Gasteiger partial charge is 0.493 e. The number of imidazole rings is 1. The first-order valence-electron chi connectivity index (χ1n) is 12.3. The number of aliphatic hydroxyl groups is 1. The summed E-state index contributed by atoms with van der Waals surface area (Å²) in [5.41, 5.74) is 2.00. The van der Waals surface area contributed by atoms with Crippen LogP contribution in [0.4, 0.5) is 13.2 Å². The van der Waals surface area contributed by atoms with Crippen molar-refractivity contribution in [2.24, 2.45) is 0 Å². The highest BCUT2D eigenvalue weighted by molar-refractivity contribution is 7.99. The molecule has 39 heavy (non-hydrogen) atoms. The van der Waals surface area contributed by atoms with E-state index in [1.165, 1.54) is 36.2 Å². The van der Waals surface area contributed by atoms with Crippen LogP contribution in [0.15, 0.2) is 59.8 Å². The minimum atomic E-state index is -1.13. The zero-order valence-electron chi connectivity index (χ0n) is 21.1. The van der Waals surface area contributed by atoms with Crippen LogP contribution in [0.1, 0.15) is 30.2 Å². The topological polar surface area (TPSA) is 83.2 Å². The monoisotopic (exact) mass is 551 g/mol. The van der Waals surface area contributed by atoms with E-state index in [4.69, 9.17) is 9.47 Å². The maximum Gasteiger partial charge on any atom is 0.204 e. The molecule has 3 heterocycles. The number of aromatic amines is 2. The van der Waals surface area contributed by atoms with Gasteiger partial charge in [-0.1, -0.05) is 18.2 Å². The van der Waals surface area contributed by atoms with Crippen molar-refractivity contribution in [2.45, 2.75) is 30.3 Å².